The summed E-state index contributed by atoms with van der Waals surface area (Å²) >= 11 is 0.944. The standard InChI is InChI=1S/C11H16N2O5S2/c1-20(17,18)10-6-9(13(15)16)11(19-10)12-4-2-8(7-14)3-5-12/h6,8,14H,2-5,7H2,1H3. The third-order valence-corrected chi connectivity index (χ3v) is 6.38. The van der Waals surface area contributed by atoms with Crippen molar-refractivity contribution in [3.8, 4) is 0 Å². The number of nitrogens with zero attached hydrogens (tertiary/aromatic N) is 2. The van der Waals surface area contributed by atoms with E-state index in [1.807, 2.05) is 4.90 Å². The highest BCUT2D eigenvalue weighted by Gasteiger charge is 2.29. The summed E-state index contributed by atoms with van der Waals surface area (Å²) in [4.78, 5) is 12.4. The lowest BCUT2D eigenvalue weighted by Gasteiger charge is -2.31. The second-order valence-electron chi connectivity index (χ2n) is 4.90. The number of rotatable bonds is 4. The highest BCUT2D eigenvalue weighted by Crippen LogP contribution is 2.41. The topological polar surface area (TPSA) is 101 Å². The van der Waals surface area contributed by atoms with Crippen molar-refractivity contribution in [2.45, 2.75) is 17.1 Å². The van der Waals surface area contributed by atoms with Gasteiger partial charge in [0, 0.05) is 32.0 Å². The molecule has 1 aromatic heterocycles. The fourth-order valence-electron chi connectivity index (χ4n) is 2.21. The van der Waals surface area contributed by atoms with Crippen LogP contribution in [-0.2, 0) is 9.84 Å². The van der Waals surface area contributed by atoms with Crippen LogP contribution in [0.15, 0.2) is 10.3 Å². The van der Waals surface area contributed by atoms with Crippen molar-refractivity contribution >= 4 is 31.9 Å². The Morgan fingerprint density at radius 3 is 2.55 bits per heavy atom. The van der Waals surface area contributed by atoms with Gasteiger partial charge in [-0.15, -0.1) is 0 Å². The van der Waals surface area contributed by atoms with E-state index in [1.165, 1.54) is 0 Å². The quantitative estimate of drug-likeness (QED) is 0.662. The van der Waals surface area contributed by atoms with Crippen molar-refractivity contribution in [2.24, 2.45) is 5.92 Å². The van der Waals surface area contributed by atoms with Crippen LogP contribution in [0.2, 0.25) is 0 Å². The fourth-order valence-corrected chi connectivity index (χ4v) is 4.29. The first-order chi connectivity index (χ1) is 9.32. The van der Waals surface area contributed by atoms with Crippen LogP contribution in [0.4, 0.5) is 10.7 Å². The Morgan fingerprint density at radius 1 is 1.50 bits per heavy atom. The van der Waals surface area contributed by atoms with Gasteiger partial charge in [0.2, 0.25) is 0 Å². The van der Waals surface area contributed by atoms with Crippen molar-refractivity contribution in [2.75, 3.05) is 30.9 Å². The minimum Gasteiger partial charge on any atom is -0.396 e. The largest absolute Gasteiger partial charge is 0.396 e. The van der Waals surface area contributed by atoms with Crippen LogP contribution in [0.5, 0.6) is 0 Å². The molecule has 9 heteroatoms. The van der Waals surface area contributed by atoms with Gasteiger partial charge in [0.1, 0.15) is 4.21 Å². The zero-order valence-electron chi connectivity index (χ0n) is 11.0. The number of hydrogen-bond acceptors (Lipinski definition) is 7. The van der Waals surface area contributed by atoms with Gasteiger partial charge in [-0.3, -0.25) is 10.1 Å². The number of piperidine rings is 1. The molecule has 2 rings (SSSR count). The molecular weight excluding hydrogens is 304 g/mol. The summed E-state index contributed by atoms with van der Waals surface area (Å²) in [6, 6.07) is 1.13. The summed E-state index contributed by atoms with van der Waals surface area (Å²) in [6.45, 7) is 1.31. The predicted molar refractivity (Wildman–Crippen MR) is 76.1 cm³/mol. The molecule has 0 spiro atoms. The van der Waals surface area contributed by atoms with E-state index in [-0.39, 0.29) is 22.4 Å². The van der Waals surface area contributed by atoms with E-state index in [4.69, 9.17) is 5.11 Å². The summed E-state index contributed by atoms with van der Waals surface area (Å²) < 4.78 is 23.1. The minimum absolute atomic E-state index is 0.0171. The van der Waals surface area contributed by atoms with Crippen molar-refractivity contribution in [1.82, 2.24) is 0 Å². The van der Waals surface area contributed by atoms with E-state index >= 15 is 0 Å². The Kier molecular flexibility index (Phi) is 4.31. The number of hydrogen-bond donors (Lipinski definition) is 1. The zero-order chi connectivity index (χ0) is 14.9. The first kappa shape index (κ1) is 15.2. The lowest BCUT2D eigenvalue weighted by atomic mass is 9.98. The predicted octanol–water partition coefficient (Wildman–Crippen LogP) is 1.27. The third kappa shape index (κ3) is 3.10. The Morgan fingerprint density at radius 2 is 2.10 bits per heavy atom. The zero-order valence-corrected chi connectivity index (χ0v) is 12.6. The molecule has 0 atom stereocenters. The normalized spacial score (nSPS) is 17.4. The number of aliphatic hydroxyl groups excluding tert-OH is 1. The molecule has 2 heterocycles. The van der Waals surface area contributed by atoms with Gasteiger partial charge in [0.05, 0.1) is 4.92 Å². The Bertz CT molecular complexity index is 602. The summed E-state index contributed by atoms with van der Waals surface area (Å²) in [5.74, 6) is 0.222. The van der Waals surface area contributed by atoms with Crippen LogP contribution in [0.3, 0.4) is 0 Å². The second-order valence-corrected chi connectivity index (χ2v) is 8.17. The summed E-state index contributed by atoms with van der Waals surface area (Å²) in [7, 11) is -3.44. The molecular formula is C11H16N2O5S2. The van der Waals surface area contributed by atoms with E-state index in [0.717, 1.165) is 36.5 Å². The van der Waals surface area contributed by atoms with Crippen molar-refractivity contribution < 1.29 is 18.4 Å². The molecule has 1 aliphatic heterocycles. The molecule has 0 amide bonds. The molecule has 1 aromatic rings. The van der Waals surface area contributed by atoms with E-state index in [1.54, 1.807) is 0 Å². The molecule has 0 aliphatic carbocycles. The molecule has 112 valence electrons. The molecule has 0 saturated carbocycles. The number of sulfone groups is 1. The summed E-state index contributed by atoms with van der Waals surface area (Å²) in [5.41, 5.74) is -0.155. The lowest BCUT2D eigenvalue weighted by Crippen LogP contribution is -2.34. The average Bonchev–Trinajstić information content (AvgIpc) is 2.84. The van der Waals surface area contributed by atoms with Crippen LogP contribution >= 0.6 is 11.3 Å². The van der Waals surface area contributed by atoms with Crippen molar-refractivity contribution in [1.29, 1.82) is 0 Å². The smallest absolute Gasteiger partial charge is 0.305 e. The van der Waals surface area contributed by atoms with Crippen LogP contribution in [0.25, 0.3) is 0 Å². The van der Waals surface area contributed by atoms with Crippen LogP contribution in [0, 0.1) is 16.0 Å². The minimum atomic E-state index is -3.44. The highest BCUT2D eigenvalue weighted by atomic mass is 32.2. The molecule has 0 unspecified atom stereocenters. The molecule has 0 bridgehead atoms. The van der Waals surface area contributed by atoms with Gasteiger partial charge in [0.15, 0.2) is 14.8 Å². The molecule has 0 aromatic carbocycles. The van der Waals surface area contributed by atoms with Gasteiger partial charge in [-0.1, -0.05) is 11.3 Å². The maximum atomic E-state index is 11.5. The number of aliphatic hydroxyl groups is 1. The molecule has 1 aliphatic rings. The first-order valence-electron chi connectivity index (χ1n) is 6.17. The molecule has 1 N–H and O–H groups in total. The average molecular weight is 320 g/mol. The van der Waals surface area contributed by atoms with Gasteiger partial charge in [-0.05, 0) is 18.8 Å². The van der Waals surface area contributed by atoms with E-state index in [0.29, 0.717) is 18.1 Å². The first-order valence-corrected chi connectivity index (χ1v) is 8.88. The Hall–Kier alpha value is -1.19. The fraction of sp³-hybridized carbons (Fsp3) is 0.636. The molecule has 0 radical (unpaired) electrons. The maximum absolute atomic E-state index is 11.5. The van der Waals surface area contributed by atoms with E-state index in [2.05, 4.69) is 0 Å². The van der Waals surface area contributed by atoms with Crippen LogP contribution in [-0.4, -0.2) is 44.4 Å². The molecule has 20 heavy (non-hydrogen) atoms. The molecule has 1 saturated heterocycles. The van der Waals surface area contributed by atoms with Crippen LogP contribution in [0.1, 0.15) is 12.8 Å². The molecule has 7 nitrogen and oxygen atoms in total. The molecule has 1 fully saturated rings. The van der Waals surface area contributed by atoms with Gasteiger partial charge in [0.25, 0.3) is 0 Å². The van der Waals surface area contributed by atoms with Gasteiger partial charge < -0.3 is 10.0 Å². The summed E-state index contributed by atoms with van der Waals surface area (Å²) in [6.07, 6.45) is 2.55. The van der Waals surface area contributed by atoms with Gasteiger partial charge in [-0.25, -0.2) is 8.42 Å². The summed E-state index contributed by atoms with van der Waals surface area (Å²) in [5, 5.41) is 20.6. The number of anilines is 1. The Balaban J connectivity index is 2.31. The van der Waals surface area contributed by atoms with E-state index < -0.39 is 14.8 Å². The monoisotopic (exact) mass is 320 g/mol. The van der Waals surface area contributed by atoms with Crippen LogP contribution < -0.4 is 4.90 Å². The SMILES string of the molecule is CS(=O)(=O)c1cc([N+](=O)[O-])c(N2CCC(CO)CC2)s1. The number of thiophene rings is 1. The third-order valence-electron chi connectivity index (χ3n) is 3.39. The van der Waals surface area contributed by atoms with Gasteiger partial charge >= 0.3 is 5.69 Å². The highest BCUT2D eigenvalue weighted by molar-refractivity contribution is 7.92. The van der Waals surface area contributed by atoms with E-state index in [9.17, 15) is 18.5 Å². The number of nitro groups is 1. The Labute approximate surface area is 120 Å². The lowest BCUT2D eigenvalue weighted by molar-refractivity contribution is -0.383. The second kappa shape index (κ2) is 5.66. The van der Waals surface area contributed by atoms with Gasteiger partial charge in [-0.2, -0.15) is 0 Å². The van der Waals surface area contributed by atoms with Crippen molar-refractivity contribution in [3.63, 3.8) is 0 Å². The maximum Gasteiger partial charge on any atom is 0.305 e. The van der Waals surface area contributed by atoms with Crippen molar-refractivity contribution in [3.05, 3.63) is 16.2 Å².